The van der Waals surface area contributed by atoms with Crippen molar-refractivity contribution in [1.29, 1.82) is 0 Å². The molecule has 9 heteroatoms. The van der Waals surface area contributed by atoms with E-state index in [2.05, 4.69) is 0 Å². The van der Waals surface area contributed by atoms with E-state index in [1.807, 2.05) is 53.6 Å². The Balaban J connectivity index is 2.59. The van der Waals surface area contributed by atoms with Gasteiger partial charge in [0, 0.05) is 30.6 Å². The van der Waals surface area contributed by atoms with E-state index in [1.54, 1.807) is 34.0 Å². The van der Waals surface area contributed by atoms with Gasteiger partial charge in [0.25, 0.3) is 0 Å². The van der Waals surface area contributed by atoms with Crippen molar-refractivity contribution in [2.24, 2.45) is 11.8 Å². The summed E-state index contributed by atoms with van der Waals surface area (Å²) in [5.41, 5.74) is -1.78. The van der Waals surface area contributed by atoms with Crippen LogP contribution in [0.3, 0.4) is 0 Å². The van der Waals surface area contributed by atoms with Crippen LogP contribution in [0.2, 0.25) is 0 Å². The highest BCUT2D eigenvalue weighted by molar-refractivity contribution is 5.96. The Labute approximate surface area is 234 Å². The highest BCUT2D eigenvalue weighted by Gasteiger charge is 2.46. The van der Waals surface area contributed by atoms with Gasteiger partial charge in [-0.25, -0.2) is 4.79 Å². The Morgan fingerprint density at radius 1 is 1.13 bits per heavy atom. The topological polar surface area (TPSA) is 115 Å². The van der Waals surface area contributed by atoms with Gasteiger partial charge in [0.15, 0.2) is 12.1 Å². The third-order valence-electron chi connectivity index (χ3n) is 8.27. The Morgan fingerprint density at radius 2 is 1.74 bits per heavy atom. The van der Waals surface area contributed by atoms with E-state index >= 15 is 0 Å². The number of methoxy groups -OCH3 is 1. The Hall–Kier alpha value is -1.62. The van der Waals surface area contributed by atoms with E-state index in [0.29, 0.717) is 30.4 Å². The SMILES string of the molecule is CC[C@H]1OC(=O)/C(C)=C/[C@H](C)[C@@H](O[C@@H]2O[C@H](C)C[C@H](N(C)C)[C@H]2O)[C@@](C)(OC)C[C@@H](C)C(=O)/C(C)=C/[C@]1(C)O. The summed E-state index contributed by atoms with van der Waals surface area (Å²) in [6.45, 7) is 14.2. The molecule has 0 spiro atoms. The zero-order valence-electron chi connectivity index (χ0n) is 25.7. The monoisotopic (exact) mass is 553 g/mol. The fraction of sp³-hybridized carbons (Fsp3) is 0.800. The highest BCUT2D eigenvalue weighted by atomic mass is 16.7. The molecule has 2 rings (SSSR count). The highest BCUT2D eigenvalue weighted by Crippen LogP contribution is 2.36. The van der Waals surface area contributed by atoms with Crippen molar-refractivity contribution in [3.05, 3.63) is 23.3 Å². The first-order valence-corrected chi connectivity index (χ1v) is 14.0. The van der Waals surface area contributed by atoms with Gasteiger partial charge in [-0.2, -0.15) is 0 Å². The van der Waals surface area contributed by atoms with Crippen LogP contribution in [0.1, 0.15) is 74.7 Å². The summed E-state index contributed by atoms with van der Waals surface area (Å²) >= 11 is 0. The second kappa shape index (κ2) is 13.4. The van der Waals surface area contributed by atoms with Crippen LogP contribution in [0, 0.1) is 11.8 Å². The van der Waals surface area contributed by atoms with Crippen molar-refractivity contribution in [2.45, 2.75) is 123 Å². The number of ketones is 1. The second-order valence-corrected chi connectivity index (χ2v) is 12.2. The van der Waals surface area contributed by atoms with E-state index in [9.17, 15) is 19.8 Å². The van der Waals surface area contributed by atoms with Crippen LogP contribution in [0.15, 0.2) is 23.3 Å². The van der Waals surface area contributed by atoms with Gasteiger partial charge >= 0.3 is 5.97 Å². The Kier molecular flexibility index (Phi) is 11.5. The number of hydrogen-bond donors (Lipinski definition) is 2. The van der Waals surface area contributed by atoms with Crippen LogP contribution in [0.5, 0.6) is 0 Å². The molecule has 2 aliphatic heterocycles. The summed E-state index contributed by atoms with van der Waals surface area (Å²) < 4.78 is 24.4. The minimum Gasteiger partial charge on any atom is -0.456 e. The molecule has 0 saturated carbocycles. The van der Waals surface area contributed by atoms with Gasteiger partial charge in [-0.3, -0.25) is 4.79 Å². The molecule has 0 aromatic heterocycles. The van der Waals surface area contributed by atoms with E-state index < -0.39 is 53.6 Å². The molecule has 0 aromatic rings. The number of nitrogens with zero attached hydrogens (tertiary/aromatic N) is 1. The predicted octanol–water partition coefficient (Wildman–Crippen LogP) is 3.41. The molecule has 2 heterocycles. The number of aliphatic hydroxyl groups excluding tert-OH is 1. The summed E-state index contributed by atoms with van der Waals surface area (Å²) in [5.74, 6) is -1.58. The standard InChI is InChI=1S/C30H51NO8/c1-12-23-29(7,35)15-19(4)24(32)20(5)16-30(8,36-11)26(17(2)13-18(3)27(34)38-23)39-28-25(33)22(31(9)10)14-21(6)37-28/h13,15,17,20-23,25-26,28,33,35H,12,14,16H2,1-11H3/b18-13+,19-15+/t17-,20+,21+,22-,23+,25+,26+,28-,29-,30-/m0/s1. The average Bonchev–Trinajstić information content (AvgIpc) is 2.85. The number of aliphatic hydroxyl groups is 2. The first kappa shape index (κ1) is 33.6. The van der Waals surface area contributed by atoms with Crippen LogP contribution in [-0.4, -0.2) is 96.0 Å². The molecule has 1 fully saturated rings. The molecule has 1 saturated heterocycles. The maximum atomic E-state index is 13.4. The van der Waals surface area contributed by atoms with Gasteiger partial charge in [0.05, 0.1) is 17.8 Å². The summed E-state index contributed by atoms with van der Waals surface area (Å²) in [6.07, 6.45) is 1.04. The zero-order valence-corrected chi connectivity index (χ0v) is 25.7. The van der Waals surface area contributed by atoms with Crippen molar-refractivity contribution in [2.75, 3.05) is 21.2 Å². The molecule has 224 valence electrons. The van der Waals surface area contributed by atoms with Crippen molar-refractivity contribution in [1.82, 2.24) is 4.90 Å². The number of hydrogen-bond acceptors (Lipinski definition) is 9. The first-order chi connectivity index (χ1) is 18.0. The number of Topliss-reactive ketones (excluding diaryl/α,β-unsaturated/α-hetero) is 1. The minimum absolute atomic E-state index is 0.146. The second-order valence-electron chi connectivity index (χ2n) is 12.2. The summed E-state index contributed by atoms with van der Waals surface area (Å²) in [7, 11) is 5.39. The molecular formula is C30H51NO8. The molecule has 2 N–H and O–H groups in total. The Morgan fingerprint density at radius 3 is 2.28 bits per heavy atom. The fourth-order valence-corrected chi connectivity index (χ4v) is 6.02. The number of ether oxygens (including phenoxy) is 4. The number of allylic oxidation sites excluding steroid dienone is 1. The maximum absolute atomic E-state index is 13.4. The molecule has 10 atom stereocenters. The fourth-order valence-electron chi connectivity index (χ4n) is 6.02. The van der Waals surface area contributed by atoms with Crippen LogP contribution in [0.4, 0.5) is 0 Å². The van der Waals surface area contributed by atoms with Crippen molar-refractivity contribution < 1.29 is 38.7 Å². The molecule has 39 heavy (non-hydrogen) atoms. The third-order valence-corrected chi connectivity index (χ3v) is 8.27. The molecule has 0 bridgehead atoms. The molecule has 0 aromatic carbocycles. The van der Waals surface area contributed by atoms with Crippen LogP contribution in [0.25, 0.3) is 0 Å². The first-order valence-electron chi connectivity index (χ1n) is 14.0. The Bertz CT molecular complexity index is 928. The molecule has 0 amide bonds. The largest absolute Gasteiger partial charge is 0.456 e. The average molecular weight is 554 g/mol. The van der Waals surface area contributed by atoms with E-state index in [0.717, 1.165) is 0 Å². The molecule has 9 nitrogen and oxygen atoms in total. The van der Waals surface area contributed by atoms with E-state index in [-0.39, 0.29) is 17.9 Å². The lowest BCUT2D eigenvalue weighted by Gasteiger charge is -2.46. The van der Waals surface area contributed by atoms with Gasteiger partial charge in [-0.15, -0.1) is 0 Å². The number of carbonyl (C=O) groups excluding carboxylic acids is 2. The number of carbonyl (C=O) groups is 2. The lowest BCUT2D eigenvalue weighted by atomic mass is 9.79. The van der Waals surface area contributed by atoms with Gasteiger partial charge in [0.1, 0.15) is 17.8 Å². The van der Waals surface area contributed by atoms with Gasteiger partial charge in [-0.1, -0.05) is 26.8 Å². The maximum Gasteiger partial charge on any atom is 0.333 e. The summed E-state index contributed by atoms with van der Waals surface area (Å²) in [4.78, 5) is 28.5. The predicted molar refractivity (Wildman–Crippen MR) is 149 cm³/mol. The van der Waals surface area contributed by atoms with Gasteiger partial charge < -0.3 is 34.1 Å². The van der Waals surface area contributed by atoms with Crippen molar-refractivity contribution >= 4 is 11.8 Å². The molecule has 2 aliphatic rings. The van der Waals surface area contributed by atoms with Gasteiger partial charge in [-0.05, 0) is 79.6 Å². The quantitative estimate of drug-likeness (QED) is 0.494. The molecule has 0 radical (unpaired) electrons. The third kappa shape index (κ3) is 7.99. The lowest BCUT2D eigenvalue weighted by Crippen LogP contribution is -2.58. The van der Waals surface area contributed by atoms with Crippen LogP contribution < -0.4 is 0 Å². The lowest BCUT2D eigenvalue weighted by molar-refractivity contribution is -0.294. The smallest absolute Gasteiger partial charge is 0.333 e. The molecule has 0 aliphatic carbocycles. The zero-order chi connectivity index (χ0) is 29.9. The summed E-state index contributed by atoms with van der Waals surface area (Å²) in [5, 5.41) is 22.3. The normalized spacial score (nSPS) is 44.2. The van der Waals surface area contributed by atoms with Gasteiger partial charge in [0.2, 0.25) is 0 Å². The number of esters is 1. The van der Waals surface area contributed by atoms with E-state index in [4.69, 9.17) is 18.9 Å². The summed E-state index contributed by atoms with van der Waals surface area (Å²) in [6, 6.07) is -0.166. The van der Waals surface area contributed by atoms with Crippen molar-refractivity contribution in [3.63, 3.8) is 0 Å². The molecule has 0 unspecified atom stereocenters. The van der Waals surface area contributed by atoms with Crippen LogP contribution >= 0.6 is 0 Å². The number of rotatable bonds is 5. The molecular weight excluding hydrogens is 502 g/mol. The van der Waals surface area contributed by atoms with Crippen molar-refractivity contribution in [3.8, 4) is 0 Å². The number of cyclic esters (lactones) is 1. The minimum atomic E-state index is -1.52. The van der Waals surface area contributed by atoms with E-state index in [1.165, 1.54) is 6.08 Å². The van der Waals surface area contributed by atoms with Crippen LogP contribution in [-0.2, 0) is 28.5 Å². The number of likely N-dealkylation sites (N-methyl/N-ethyl adjacent to an activating group) is 1.